The third-order valence-electron chi connectivity index (χ3n) is 4.85. The van der Waals surface area contributed by atoms with E-state index in [-0.39, 0.29) is 22.7 Å². The molecule has 98 valence electrons. The van der Waals surface area contributed by atoms with Gasteiger partial charge < -0.3 is 4.74 Å². The third kappa shape index (κ3) is 1.13. The van der Waals surface area contributed by atoms with Gasteiger partial charge >= 0.3 is 5.97 Å². The zero-order chi connectivity index (χ0) is 13.3. The SMILES string of the molecule is COC(=O)C12CC(C)(C1)C2c1ccc2nccn2n1. The van der Waals surface area contributed by atoms with Gasteiger partial charge in [-0.25, -0.2) is 9.50 Å². The van der Waals surface area contributed by atoms with Crippen molar-refractivity contribution in [3.8, 4) is 0 Å². The summed E-state index contributed by atoms with van der Waals surface area (Å²) in [7, 11) is 1.47. The Morgan fingerprint density at radius 3 is 2.95 bits per heavy atom. The van der Waals surface area contributed by atoms with Crippen molar-refractivity contribution in [2.75, 3.05) is 7.11 Å². The van der Waals surface area contributed by atoms with Crippen LogP contribution in [-0.2, 0) is 9.53 Å². The minimum atomic E-state index is -0.329. The van der Waals surface area contributed by atoms with E-state index in [9.17, 15) is 4.79 Å². The lowest BCUT2D eigenvalue weighted by molar-refractivity contribution is -0.238. The number of rotatable bonds is 2. The van der Waals surface area contributed by atoms with E-state index in [4.69, 9.17) is 4.74 Å². The molecule has 3 saturated carbocycles. The Bertz CT molecular complexity index is 685. The second kappa shape index (κ2) is 3.15. The first kappa shape index (κ1) is 11.0. The van der Waals surface area contributed by atoms with Gasteiger partial charge in [-0.1, -0.05) is 6.92 Å². The molecular weight excluding hydrogens is 242 g/mol. The number of fused-ring (bicyclic) bond motifs is 1. The maximum absolute atomic E-state index is 12.0. The number of hydrogen-bond donors (Lipinski definition) is 0. The van der Waals surface area contributed by atoms with E-state index < -0.39 is 0 Å². The second-order valence-electron chi connectivity index (χ2n) is 6.08. The van der Waals surface area contributed by atoms with Crippen LogP contribution in [0.25, 0.3) is 5.65 Å². The number of esters is 1. The van der Waals surface area contributed by atoms with Crippen molar-refractivity contribution in [1.29, 1.82) is 0 Å². The van der Waals surface area contributed by atoms with Crippen LogP contribution in [0.2, 0.25) is 0 Å². The van der Waals surface area contributed by atoms with Crippen molar-refractivity contribution in [2.45, 2.75) is 25.7 Å². The van der Waals surface area contributed by atoms with Gasteiger partial charge in [-0.05, 0) is 30.4 Å². The summed E-state index contributed by atoms with van der Waals surface area (Å²) in [5, 5.41) is 4.59. The third-order valence-corrected chi connectivity index (χ3v) is 4.85. The van der Waals surface area contributed by atoms with Crippen LogP contribution in [0.3, 0.4) is 0 Å². The molecule has 3 fully saturated rings. The molecule has 1 atom stereocenters. The van der Waals surface area contributed by atoms with Gasteiger partial charge in [-0.15, -0.1) is 0 Å². The van der Waals surface area contributed by atoms with Crippen LogP contribution in [0.4, 0.5) is 0 Å². The van der Waals surface area contributed by atoms with Crippen molar-refractivity contribution in [3.63, 3.8) is 0 Å². The molecule has 0 radical (unpaired) electrons. The van der Waals surface area contributed by atoms with Gasteiger partial charge in [0.05, 0.1) is 18.2 Å². The average Bonchev–Trinajstić information content (AvgIpc) is 2.81. The lowest BCUT2D eigenvalue weighted by Gasteiger charge is -2.73. The molecule has 0 spiro atoms. The number of carbonyl (C=O) groups is 1. The van der Waals surface area contributed by atoms with Crippen LogP contribution in [0.1, 0.15) is 31.4 Å². The first-order chi connectivity index (χ1) is 9.09. The van der Waals surface area contributed by atoms with E-state index in [0.717, 1.165) is 24.2 Å². The van der Waals surface area contributed by atoms with E-state index >= 15 is 0 Å². The highest BCUT2D eigenvalue weighted by molar-refractivity contribution is 5.83. The maximum atomic E-state index is 12.0. The minimum Gasteiger partial charge on any atom is -0.469 e. The van der Waals surface area contributed by atoms with Crippen LogP contribution in [0.5, 0.6) is 0 Å². The van der Waals surface area contributed by atoms with Crippen LogP contribution in [0.15, 0.2) is 24.5 Å². The smallest absolute Gasteiger partial charge is 0.312 e. The molecule has 1 unspecified atom stereocenters. The lowest BCUT2D eigenvalue weighted by Crippen LogP contribution is -2.70. The molecule has 5 nitrogen and oxygen atoms in total. The summed E-state index contributed by atoms with van der Waals surface area (Å²) >= 11 is 0. The van der Waals surface area contributed by atoms with Gasteiger partial charge in [0, 0.05) is 18.3 Å². The fourth-order valence-corrected chi connectivity index (χ4v) is 4.29. The van der Waals surface area contributed by atoms with Crippen molar-refractivity contribution in [1.82, 2.24) is 14.6 Å². The van der Waals surface area contributed by atoms with E-state index in [1.807, 2.05) is 18.3 Å². The molecule has 0 aliphatic heterocycles. The van der Waals surface area contributed by atoms with E-state index in [1.54, 1.807) is 10.7 Å². The highest BCUT2D eigenvalue weighted by Crippen LogP contribution is 2.80. The summed E-state index contributed by atoms with van der Waals surface area (Å²) in [6.45, 7) is 2.22. The topological polar surface area (TPSA) is 56.5 Å². The molecule has 0 N–H and O–H groups in total. The summed E-state index contributed by atoms with van der Waals surface area (Å²) in [5.41, 5.74) is 1.67. The number of nitrogens with zero attached hydrogens (tertiary/aromatic N) is 3. The largest absolute Gasteiger partial charge is 0.469 e. The van der Waals surface area contributed by atoms with Crippen molar-refractivity contribution in [3.05, 3.63) is 30.2 Å². The van der Waals surface area contributed by atoms with Gasteiger partial charge in [-0.2, -0.15) is 5.10 Å². The Morgan fingerprint density at radius 2 is 2.26 bits per heavy atom. The Hall–Kier alpha value is -1.91. The lowest BCUT2D eigenvalue weighted by atomic mass is 9.29. The first-order valence-electron chi connectivity index (χ1n) is 6.48. The highest BCUT2D eigenvalue weighted by Gasteiger charge is 2.78. The quantitative estimate of drug-likeness (QED) is 0.770. The molecule has 5 heteroatoms. The van der Waals surface area contributed by atoms with Gasteiger partial charge in [0.2, 0.25) is 0 Å². The van der Waals surface area contributed by atoms with Crippen LogP contribution < -0.4 is 0 Å². The molecule has 2 heterocycles. The minimum absolute atomic E-state index is 0.0891. The fraction of sp³-hybridized carbons (Fsp3) is 0.500. The molecule has 3 aliphatic carbocycles. The monoisotopic (exact) mass is 257 g/mol. The molecule has 2 aromatic rings. The summed E-state index contributed by atoms with van der Waals surface area (Å²) < 4.78 is 6.74. The normalized spacial score (nSPS) is 35.6. The molecule has 0 amide bonds. The van der Waals surface area contributed by atoms with E-state index in [1.165, 1.54) is 7.11 Å². The summed E-state index contributed by atoms with van der Waals surface area (Å²) in [6, 6.07) is 3.94. The Balaban J connectivity index is 1.77. The van der Waals surface area contributed by atoms with Crippen molar-refractivity contribution < 1.29 is 9.53 Å². The summed E-state index contributed by atoms with van der Waals surface area (Å²) in [5.74, 6) is 0.0907. The molecule has 3 aliphatic rings. The summed E-state index contributed by atoms with van der Waals surface area (Å²) in [6.07, 6.45) is 5.39. The Morgan fingerprint density at radius 1 is 1.47 bits per heavy atom. The maximum Gasteiger partial charge on any atom is 0.312 e. The van der Waals surface area contributed by atoms with Crippen molar-refractivity contribution in [2.24, 2.45) is 10.8 Å². The predicted octanol–water partition coefficient (Wildman–Crippen LogP) is 1.79. The van der Waals surface area contributed by atoms with E-state index in [0.29, 0.717) is 0 Å². The number of ether oxygens (including phenoxy) is 1. The highest BCUT2D eigenvalue weighted by atomic mass is 16.5. The molecule has 0 saturated heterocycles. The Labute approximate surface area is 110 Å². The molecule has 2 bridgehead atoms. The molecule has 5 rings (SSSR count). The molecule has 0 aromatic carbocycles. The number of aromatic nitrogens is 3. The van der Waals surface area contributed by atoms with E-state index in [2.05, 4.69) is 17.0 Å². The van der Waals surface area contributed by atoms with Gasteiger partial charge in [-0.3, -0.25) is 4.79 Å². The molecule has 2 aromatic heterocycles. The van der Waals surface area contributed by atoms with Gasteiger partial charge in [0.15, 0.2) is 5.65 Å². The number of carbonyl (C=O) groups excluding carboxylic acids is 1. The molecule has 19 heavy (non-hydrogen) atoms. The fourth-order valence-electron chi connectivity index (χ4n) is 4.29. The average molecular weight is 257 g/mol. The van der Waals surface area contributed by atoms with Crippen LogP contribution >= 0.6 is 0 Å². The van der Waals surface area contributed by atoms with Crippen LogP contribution in [0, 0.1) is 10.8 Å². The zero-order valence-corrected chi connectivity index (χ0v) is 11.0. The van der Waals surface area contributed by atoms with Gasteiger partial charge in [0.25, 0.3) is 0 Å². The molecular formula is C14H15N3O2. The van der Waals surface area contributed by atoms with Crippen molar-refractivity contribution >= 4 is 11.6 Å². The summed E-state index contributed by atoms with van der Waals surface area (Å²) in [4.78, 5) is 16.2. The second-order valence-corrected chi connectivity index (χ2v) is 6.08. The number of imidazole rings is 1. The number of methoxy groups -OCH3 is 1. The first-order valence-corrected chi connectivity index (χ1v) is 6.48. The standard InChI is InChI=1S/C14H15N3O2/c1-13-7-14(8-13,12(18)19-2)11(13)9-3-4-10-15-5-6-17(10)16-9/h3-6,11H,7-8H2,1-2H3. The van der Waals surface area contributed by atoms with Gasteiger partial charge in [0.1, 0.15) is 0 Å². The Kier molecular flexibility index (Phi) is 1.82. The van der Waals surface area contributed by atoms with Crippen LogP contribution in [-0.4, -0.2) is 27.7 Å². The zero-order valence-electron chi connectivity index (χ0n) is 11.0. The number of hydrogen-bond acceptors (Lipinski definition) is 4. The predicted molar refractivity (Wildman–Crippen MR) is 67.5 cm³/mol.